The van der Waals surface area contributed by atoms with Crippen molar-refractivity contribution in [1.82, 2.24) is 0 Å². The summed E-state index contributed by atoms with van der Waals surface area (Å²) in [7, 11) is 0. The second-order valence-corrected chi connectivity index (χ2v) is 5.53. The van der Waals surface area contributed by atoms with Crippen molar-refractivity contribution in [3.05, 3.63) is 0 Å². The van der Waals surface area contributed by atoms with E-state index in [0.29, 0.717) is 9.46 Å². The molecular weight excluding hydrogens is 237 g/mol. The molecule has 0 spiro atoms. The van der Waals surface area contributed by atoms with E-state index in [2.05, 4.69) is 29.5 Å². The second-order valence-electron chi connectivity index (χ2n) is 3.38. The molecule has 0 aromatic carbocycles. The Balaban J connectivity index is 2.48. The summed E-state index contributed by atoms with van der Waals surface area (Å²) in [5.74, 6) is 0. The lowest BCUT2D eigenvalue weighted by Gasteiger charge is -2.35. The van der Waals surface area contributed by atoms with Gasteiger partial charge in [-0.2, -0.15) is 0 Å². The molecule has 60 valence electrons. The zero-order valence-corrected chi connectivity index (χ0v) is 8.73. The van der Waals surface area contributed by atoms with Crippen LogP contribution in [0.2, 0.25) is 0 Å². The van der Waals surface area contributed by atoms with Crippen LogP contribution in [0.3, 0.4) is 0 Å². The highest BCUT2D eigenvalue weighted by atomic mass is 127. The maximum absolute atomic E-state index is 5.89. The minimum atomic E-state index is 0.369. The molecule has 1 atom stereocenters. The van der Waals surface area contributed by atoms with Gasteiger partial charge in [0.25, 0.3) is 0 Å². The van der Waals surface area contributed by atoms with Gasteiger partial charge in [-0.25, -0.2) is 0 Å². The van der Waals surface area contributed by atoms with E-state index in [1.54, 1.807) is 0 Å². The smallest absolute Gasteiger partial charge is 0.0370 e. The van der Waals surface area contributed by atoms with Gasteiger partial charge in [0.15, 0.2) is 0 Å². The Morgan fingerprint density at radius 1 is 1.30 bits per heavy atom. The van der Waals surface area contributed by atoms with Gasteiger partial charge in [0.2, 0.25) is 0 Å². The van der Waals surface area contributed by atoms with Crippen LogP contribution in [0.25, 0.3) is 0 Å². The van der Waals surface area contributed by atoms with E-state index in [1.807, 2.05) is 0 Å². The van der Waals surface area contributed by atoms with Gasteiger partial charge in [-0.15, -0.1) is 0 Å². The maximum atomic E-state index is 5.89. The maximum Gasteiger partial charge on any atom is 0.0370 e. The molecule has 1 aliphatic carbocycles. The fourth-order valence-electron chi connectivity index (χ4n) is 1.59. The Morgan fingerprint density at radius 2 is 1.80 bits per heavy atom. The normalized spacial score (nSPS) is 27.9. The van der Waals surface area contributed by atoms with Crippen LogP contribution in [-0.2, 0) is 0 Å². The van der Waals surface area contributed by atoms with Crippen LogP contribution < -0.4 is 5.73 Å². The molecule has 2 N–H and O–H groups in total. The molecule has 0 unspecified atom stereocenters. The molecule has 0 aliphatic heterocycles. The van der Waals surface area contributed by atoms with Gasteiger partial charge in [0.05, 0.1) is 0 Å². The Kier molecular flexibility index (Phi) is 2.98. The van der Waals surface area contributed by atoms with E-state index in [9.17, 15) is 0 Å². The first-order valence-corrected chi connectivity index (χ1v) is 5.17. The third-order valence-corrected chi connectivity index (χ3v) is 4.56. The summed E-state index contributed by atoms with van der Waals surface area (Å²) in [6, 6.07) is 0.369. The topological polar surface area (TPSA) is 26.0 Å². The van der Waals surface area contributed by atoms with Crippen molar-refractivity contribution in [2.24, 2.45) is 5.73 Å². The number of hydrogen-bond donors (Lipinski definition) is 1. The predicted octanol–water partition coefficient (Wildman–Crippen LogP) is 2.47. The number of hydrogen-bond acceptors (Lipinski definition) is 1. The lowest BCUT2D eigenvalue weighted by molar-refractivity contribution is 0.374. The molecular formula is C8H16IN. The molecule has 0 saturated heterocycles. The zero-order chi connectivity index (χ0) is 7.61. The highest BCUT2D eigenvalue weighted by Crippen LogP contribution is 2.38. The van der Waals surface area contributed by atoms with Crippen molar-refractivity contribution in [1.29, 1.82) is 0 Å². The molecule has 1 fully saturated rings. The van der Waals surface area contributed by atoms with Gasteiger partial charge >= 0.3 is 0 Å². The Hall–Kier alpha value is 0.690. The van der Waals surface area contributed by atoms with Crippen LogP contribution in [-0.4, -0.2) is 9.46 Å². The number of halogens is 1. The SMILES string of the molecule is C[C@@H](N)C1(I)CCCCC1. The third kappa shape index (κ3) is 1.84. The first-order valence-electron chi connectivity index (χ1n) is 4.10. The summed E-state index contributed by atoms with van der Waals surface area (Å²) in [6.45, 7) is 2.14. The molecule has 2 heteroatoms. The van der Waals surface area contributed by atoms with E-state index in [-0.39, 0.29) is 0 Å². The largest absolute Gasteiger partial charge is 0.327 e. The summed E-state index contributed by atoms with van der Waals surface area (Å²) in [4.78, 5) is 0. The fourth-order valence-corrected chi connectivity index (χ4v) is 2.36. The van der Waals surface area contributed by atoms with Crippen molar-refractivity contribution in [2.45, 2.75) is 48.5 Å². The standard InChI is InChI=1S/C8H16IN/c1-7(10)8(9)5-3-2-4-6-8/h7H,2-6,10H2,1H3/t7-/m1/s1. The van der Waals surface area contributed by atoms with Crippen LogP contribution >= 0.6 is 22.6 Å². The number of nitrogens with two attached hydrogens (primary N) is 1. The quantitative estimate of drug-likeness (QED) is 0.563. The van der Waals surface area contributed by atoms with E-state index >= 15 is 0 Å². The van der Waals surface area contributed by atoms with E-state index in [1.165, 1.54) is 32.1 Å². The molecule has 10 heavy (non-hydrogen) atoms. The lowest BCUT2D eigenvalue weighted by atomic mass is 9.85. The average Bonchev–Trinajstić information content (AvgIpc) is 1.89. The summed E-state index contributed by atoms with van der Waals surface area (Å²) >= 11 is 2.55. The van der Waals surface area contributed by atoms with Crippen molar-refractivity contribution in [3.8, 4) is 0 Å². The van der Waals surface area contributed by atoms with Crippen LogP contribution in [0.1, 0.15) is 39.0 Å². The molecule has 1 saturated carbocycles. The van der Waals surface area contributed by atoms with Gasteiger partial charge in [-0.05, 0) is 19.8 Å². The van der Waals surface area contributed by atoms with Crippen molar-refractivity contribution in [2.75, 3.05) is 0 Å². The Bertz CT molecular complexity index is 106. The molecule has 0 heterocycles. The number of alkyl halides is 1. The van der Waals surface area contributed by atoms with Crippen molar-refractivity contribution < 1.29 is 0 Å². The van der Waals surface area contributed by atoms with E-state index < -0.39 is 0 Å². The Labute approximate surface area is 76.9 Å². The van der Waals surface area contributed by atoms with Crippen molar-refractivity contribution >= 4 is 22.6 Å². The minimum absolute atomic E-state index is 0.369. The van der Waals surface area contributed by atoms with Gasteiger partial charge in [-0.1, -0.05) is 41.9 Å². The van der Waals surface area contributed by atoms with E-state index in [0.717, 1.165) is 0 Å². The molecule has 0 bridgehead atoms. The zero-order valence-electron chi connectivity index (χ0n) is 6.57. The van der Waals surface area contributed by atoms with Gasteiger partial charge in [0.1, 0.15) is 0 Å². The monoisotopic (exact) mass is 253 g/mol. The molecule has 0 aromatic heterocycles. The fraction of sp³-hybridized carbons (Fsp3) is 1.00. The Morgan fingerprint density at radius 3 is 2.10 bits per heavy atom. The number of rotatable bonds is 1. The molecule has 1 rings (SSSR count). The predicted molar refractivity (Wildman–Crippen MR) is 53.5 cm³/mol. The molecule has 1 aliphatic rings. The molecule has 1 nitrogen and oxygen atoms in total. The van der Waals surface area contributed by atoms with Gasteiger partial charge < -0.3 is 5.73 Å². The van der Waals surface area contributed by atoms with Gasteiger partial charge in [0, 0.05) is 9.46 Å². The average molecular weight is 253 g/mol. The van der Waals surface area contributed by atoms with Crippen LogP contribution in [0.15, 0.2) is 0 Å². The third-order valence-electron chi connectivity index (χ3n) is 2.50. The van der Waals surface area contributed by atoms with Gasteiger partial charge in [-0.3, -0.25) is 0 Å². The van der Waals surface area contributed by atoms with E-state index in [4.69, 9.17) is 5.73 Å². The summed E-state index contributed by atoms with van der Waals surface area (Å²) in [5, 5.41) is 0. The summed E-state index contributed by atoms with van der Waals surface area (Å²) in [5.41, 5.74) is 5.89. The van der Waals surface area contributed by atoms with Crippen LogP contribution in [0.5, 0.6) is 0 Å². The van der Waals surface area contributed by atoms with Crippen LogP contribution in [0, 0.1) is 0 Å². The van der Waals surface area contributed by atoms with Crippen molar-refractivity contribution in [3.63, 3.8) is 0 Å². The highest BCUT2D eigenvalue weighted by molar-refractivity contribution is 14.1. The summed E-state index contributed by atoms with van der Waals surface area (Å²) in [6.07, 6.45) is 6.82. The highest BCUT2D eigenvalue weighted by Gasteiger charge is 2.32. The molecule has 0 radical (unpaired) electrons. The molecule has 0 amide bonds. The lowest BCUT2D eigenvalue weighted by Crippen LogP contribution is -2.41. The first-order chi connectivity index (χ1) is 4.65. The minimum Gasteiger partial charge on any atom is -0.327 e. The van der Waals surface area contributed by atoms with Crippen LogP contribution in [0.4, 0.5) is 0 Å². The summed E-state index contributed by atoms with van der Waals surface area (Å²) < 4.78 is 0.427. The second kappa shape index (κ2) is 3.39. The molecule has 0 aromatic rings. The first kappa shape index (κ1) is 8.78.